The molecule has 2 aromatic heterocycles. The summed E-state index contributed by atoms with van der Waals surface area (Å²) in [7, 11) is 0. The van der Waals surface area contributed by atoms with Crippen LogP contribution in [0.25, 0.3) is 10.9 Å². The molecular weight excluding hydrogens is 416 g/mol. The van der Waals surface area contributed by atoms with E-state index in [1.807, 2.05) is 19.1 Å². The summed E-state index contributed by atoms with van der Waals surface area (Å²) in [4.78, 5) is 17.4. The van der Waals surface area contributed by atoms with Crippen LogP contribution in [-0.2, 0) is 0 Å². The Bertz CT molecular complexity index is 1120. The summed E-state index contributed by atoms with van der Waals surface area (Å²) in [5.41, 5.74) is 4.07. The molecule has 0 spiro atoms. The van der Waals surface area contributed by atoms with E-state index in [2.05, 4.69) is 50.5 Å². The molecule has 0 amide bonds. The van der Waals surface area contributed by atoms with Gasteiger partial charge in [-0.1, -0.05) is 35.2 Å². The van der Waals surface area contributed by atoms with Gasteiger partial charge in [-0.3, -0.25) is 4.79 Å². The van der Waals surface area contributed by atoms with Gasteiger partial charge in [-0.15, -0.1) is 0 Å². The third-order valence-corrected chi connectivity index (χ3v) is 6.24. The van der Waals surface area contributed by atoms with Crippen LogP contribution in [0, 0.1) is 20.8 Å². The lowest BCUT2D eigenvalue weighted by molar-refractivity contribution is 0.346. The van der Waals surface area contributed by atoms with Gasteiger partial charge in [-0.2, -0.15) is 9.78 Å². The first kappa shape index (κ1) is 19.1. The zero-order valence-corrected chi connectivity index (χ0v) is 18.2. The fourth-order valence-corrected chi connectivity index (χ4v) is 4.71. The molecule has 3 aromatic rings. The van der Waals surface area contributed by atoms with Crippen molar-refractivity contribution in [1.29, 1.82) is 0 Å². The number of aryl methyl sites for hydroxylation is 2. The second-order valence-electron chi connectivity index (χ2n) is 7.67. The molecule has 1 fully saturated rings. The molecule has 28 heavy (non-hydrogen) atoms. The van der Waals surface area contributed by atoms with Crippen LogP contribution in [-0.4, -0.2) is 20.4 Å². The van der Waals surface area contributed by atoms with Crippen molar-refractivity contribution in [3.63, 3.8) is 0 Å². The zero-order valence-electron chi connectivity index (χ0n) is 16.6. The van der Waals surface area contributed by atoms with Crippen molar-refractivity contribution in [2.45, 2.75) is 58.9 Å². The van der Waals surface area contributed by atoms with Gasteiger partial charge in [0, 0.05) is 27.5 Å². The highest BCUT2D eigenvalue weighted by molar-refractivity contribution is 9.10. The normalized spacial score (nSPS) is 15.7. The van der Waals surface area contributed by atoms with Crippen molar-refractivity contribution >= 4 is 33.0 Å². The Morgan fingerprint density at radius 3 is 2.64 bits per heavy atom. The first-order valence-electron chi connectivity index (χ1n) is 9.87. The van der Waals surface area contributed by atoms with E-state index >= 15 is 0 Å². The minimum absolute atomic E-state index is 0.152. The van der Waals surface area contributed by atoms with Gasteiger partial charge < -0.3 is 4.57 Å². The summed E-state index contributed by atoms with van der Waals surface area (Å²) in [6.45, 7) is 6.12. The third kappa shape index (κ3) is 3.46. The Morgan fingerprint density at radius 2 is 1.89 bits per heavy atom. The van der Waals surface area contributed by atoms with E-state index in [1.54, 1.807) is 12.3 Å². The number of hydrogen-bond donors (Lipinski definition) is 0. The zero-order chi connectivity index (χ0) is 19.8. The first-order chi connectivity index (χ1) is 13.5. The van der Waals surface area contributed by atoms with E-state index in [0.29, 0.717) is 22.8 Å². The summed E-state index contributed by atoms with van der Waals surface area (Å²) >= 11 is 3.43. The largest absolute Gasteiger partial charge is 0.345 e. The van der Waals surface area contributed by atoms with E-state index in [1.165, 1.54) is 48.2 Å². The lowest BCUT2D eigenvalue weighted by Gasteiger charge is -2.26. The minimum Gasteiger partial charge on any atom is -0.345 e. The van der Waals surface area contributed by atoms with Crippen LogP contribution in [0.2, 0.25) is 0 Å². The molecule has 0 radical (unpaired) electrons. The lowest BCUT2D eigenvalue weighted by Crippen LogP contribution is -2.20. The molecule has 1 saturated carbocycles. The molecule has 6 heteroatoms. The quantitative estimate of drug-likeness (QED) is 0.520. The van der Waals surface area contributed by atoms with Crippen molar-refractivity contribution in [3.8, 4) is 0 Å². The number of nitrogens with zero attached hydrogens (tertiary/aromatic N) is 4. The summed E-state index contributed by atoms with van der Waals surface area (Å²) in [5.74, 6) is 0.581. The fraction of sp³-hybridized carbons (Fsp3) is 0.409. The van der Waals surface area contributed by atoms with Crippen LogP contribution in [0.15, 0.2) is 38.6 Å². The molecule has 0 aliphatic heterocycles. The highest BCUT2D eigenvalue weighted by Gasteiger charge is 2.19. The summed E-state index contributed by atoms with van der Waals surface area (Å²) in [6.07, 6.45) is 8.24. The van der Waals surface area contributed by atoms with Gasteiger partial charge in [0.2, 0.25) is 0 Å². The molecule has 0 bridgehead atoms. The molecule has 1 aliphatic carbocycles. The average molecular weight is 441 g/mol. The smallest absolute Gasteiger partial charge is 0.282 e. The maximum Gasteiger partial charge on any atom is 0.282 e. The molecule has 0 saturated heterocycles. The summed E-state index contributed by atoms with van der Waals surface area (Å²) < 4.78 is 4.70. The van der Waals surface area contributed by atoms with Gasteiger partial charge in [0.15, 0.2) is 0 Å². The van der Waals surface area contributed by atoms with Gasteiger partial charge >= 0.3 is 0 Å². The number of aromatic nitrogens is 3. The predicted molar refractivity (Wildman–Crippen MR) is 117 cm³/mol. The van der Waals surface area contributed by atoms with Crippen LogP contribution in [0.3, 0.4) is 0 Å². The highest BCUT2D eigenvalue weighted by Crippen LogP contribution is 2.31. The van der Waals surface area contributed by atoms with E-state index < -0.39 is 0 Å². The van der Waals surface area contributed by atoms with Gasteiger partial charge in [-0.05, 0) is 57.9 Å². The van der Waals surface area contributed by atoms with Crippen molar-refractivity contribution in [1.82, 2.24) is 14.2 Å². The van der Waals surface area contributed by atoms with Crippen molar-refractivity contribution < 1.29 is 0 Å². The Hall–Kier alpha value is -2.21. The van der Waals surface area contributed by atoms with E-state index in [9.17, 15) is 4.79 Å². The van der Waals surface area contributed by atoms with Crippen molar-refractivity contribution in [2.24, 2.45) is 5.10 Å². The van der Waals surface area contributed by atoms with Crippen LogP contribution in [0.4, 0.5) is 0 Å². The maximum absolute atomic E-state index is 12.9. The second kappa shape index (κ2) is 7.66. The first-order valence-corrected chi connectivity index (χ1v) is 10.7. The van der Waals surface area contributed by atoms with E-state index in [0.717, 1.165) is 10.0 Å². The van der Waals surface area contributed by atoms with Crippen molar-refractivity contribution in [3.05, 3.63) is 61.9 Å². The maximum atomic E-state index is 12.9. The Labute approximate surface area is 173 Å². The second-order valence-corrected chi connectivity index (χ2v) is 8.59. The molecule has 5 nitrogen and oxygen atoms in total. The third-order valence-electron chi connectivity index (χ3n) is 5.75. The summed E-state index contributed by atoms with van der Waals surface area (Å²) in [6, 6.07) is 8.28. The molecular formula is C22H25BrN4O. The number of hydrogen-bond acceptors (Lipinski definition) is 3. The van der Waals surface area contributed by atoms with Gasteiger partial charge in [-0.25, -0.2) is 4.98 Å². The predicted octanol–water partition coefficient (Wildman–Crippen LogP) is 5.27. The fourth-order valence-electron chi connectivity index (χ4n) is 4.35. The molecule has 0 unspecified atom stereocenters. The number of fused-ring (bicyclic) bond motifs is 1. The van der Waals surface area contributed by atoms with Crippen LogP contribution in [0.5, 0.6) is 0 Å². The van der Waals surface area contributed by atoms with Crippen LogP contribution >= 0.6 is 15.9 Å². The standard InChI is InChI=1S/C22H25BrN4O/c1-14-11-17(15(2)26(14)19-7-5-4-6-8-19)13-24-27-16(3)25-21-10-9-18(23)12-20(21)22(27)28/h9-13,19H,4-8H2,1-3H3. The number of rotatable bonds is 3. The molecule has 0 atom stereocenters. The Balaban J connectivity index is 1.73. The van der Waals surface area contributed by atoms with E-state index in [-0.39, 0.29) is 5.56 Å². The Kier molecular flexibility index (Phi) is 5.23. The number of benzene rings is 1. The van der Waals surface area contributed by atoms with Gasteiger partial charge in [0.05, 0.1) is 17.1 Å². The van der Waals surface area contributed by atoms with Crippen molar-refractivity contribution in [2.75, 3.05) is 0 Å². The van der Waals surface area contributed by atoms with E-state index in [4.69, 9.17) is 0 Å². The number of halogens is 1. The molecule has 4 rings (SSSR count). The van der Waals surface area contributed by atoms with Gasteiger partial charge in [0.25, 0.3) is 5.56 Å². The molecule has 1 aromatic carbocycles. The Morgan fingerprint density at radius 1 is 1.14 bits per heavy atom. The molecule has 146 valence electrons. The van der Waals surface area contributed by atoms with Crippen LogP contribution < -0.4 is 5.56 Å². The molecule has 2 heterocycles. The topological polar surface area (TPSA) is 52.2 Å². The molecule has 0 N–H and O–H groups in total. The summed E-state index contributed by atoms with van der Waals surface area (Å²) in [5, 5.41) is 5.06. The molecule has 1 aliphatic rings. The SMILES string of the molecule is Cc1cc(C=Nn2c(C)nc3ccc(Br)cc3c2=O)c(C)n1C1CCCCC1. The van der Waals surface area contributed by atoms with Gasteiger partial charge in [0.1, 0.15) is 5.82 Å². The van der Waals surface area contributed by atoms with Crippen LogP contribution in [0.1, 0.15) is 60.9 Å². The monoisotopic (exact) mass is 440 g/mol. The lowest BCUT2D eigenvalue weighted by atomic mass is 9.95. The minimum atomic E-state index is -0.152. The highest BCUT2D eigenvalue weighted by atomic mass is 79.9. The average Bonchev–Trinajstić information content (AvgIpc) is 2.96.